The normalized spacial score (nSPS) is 11.9. The lowest BCUT2D eigenvalue weighted by Gasteiger charge is -2.08. The van der Waals surface area contributed by atoms with E-state index in [4.69, 9.17) is 15.4 Å². The summed E-state index contributed by atoms with van der Waals surface area (Å²) in [7, 11) is 0. The standard InChI is InChI=1S/C39H27N3S/c40-38(32-17-9-15-30(24-32)28-11-3-1-4-12-28)42-39(33-18-10-16-31(25-33)29-13-5-2-6-14-29)41-26-27-21-22-35-34-19-7-8-20-36(34)43-37(35)23-27/h1-26,40H. The van der Waals surface area contributed by atoms with Crippen molar-refractivity contribution in [2.45, 2.75) is 0 Å². The fourth-order valence-corrected chi connectivity index (χ4v) is 6.40. The van der Waals surface area contributed by atoms with E-state index in [0.29, 0.717) is 5.84 Å². The first-order valence-electron chi connectivity index (χ1n) is 14.2. The molecule has 0 unspecified atom stereocenters. The number of nitrogens with one attached hydrogen (secondary N) is 1. The van der Waals surface area contributed by atoms with Gasteiger partial charge in [-0.25, -0.2) is 9.98 Å². The van der Waals surface area contributed by atoms with Crippen molar-refractivity contribution in [2.24, 2.45) is 9.98 Å². The van der Waals surface area contributed by atoms with Gasteiger partial charge in [0.2, 0.25) is 0 Å². The van der Waals surface area contributed by atoms with Crippen molar-refractivity contribution in [3.8, 4) is 22.3 Å². The van der Waals surface area contributed by atoms with Gasteiger partial charge in [0, 0.05) is 37.5 Å². The van der Waals surface area contributed by atoms with Gasteiger partial charge in [-0.1, -0.05) is 127 Å². The highest BCUT2D eigenvalue weighted by molar-refractivity contribution is 7.25. The van der Waals surface area contributed by atoms with Gasteiger partial charge in [0.15, 0.2) is 11.7 Å². The molecule has 4 heteroatoms. The van der Waals surface area contributed by atoms with Crippen LogP contribution in [0, 0.1) is 5.41 Å². The van der Waals surface area contributed by atoms with Crippen molar-refractivity contribution in [1.29, 1.82) is 5.41 Å². The van der Waals surface area contributed by atoms with Gasteiger partial charge in [0.25, 0.3) is 0 Å². The summed E-state index contributed by atoms with van der Waals surface area (Å²) >= 11 is 1.79. The van der Waals surface area contributed by atoms with E-state index in [1.165, 1.54) is 20.2 Å². The van der Waals surface area contributed by atoms with Crippen LogP contribution in [0.2, 0.25) is 0 Å². The Balaban J connectivity index is 1.28. The van der Waals surface area contributed by atoms with Crippen molar-refractivity contribution in [3.05, 3.63) is 168 Å². The Hall–Kier alpha value is -5.45. The Morgan fingerprint density at radius 3 is 1.81 bits per heavy atom. The van der Waals surface area contributed by atoms with Crippen LogP contribution in [-0.4, -0.2) is 17.9 Å². The lowest BCUT2D eigenvalue weighted by atomic mass is 10.0. The summed E-state index contributed by atoms with van der Waals surface area (Å²) in [5.74, 6) is 0.652. The van der Waals surface area contributed by atoms with E-state index in [9.17, 15) is 0 Å². The van der Waals surface area contributed by atoms with E-state index < -0.39 is 0 Å². The zero-order valence-electron chi connectivity index (χ0n) is 23.3. The summed E-state index contributed by atoms with van der Waals surface area (Å²) in [4.78, 5) is 9.70. The van der Waals surface area contributed by atoms with Crippen LogP contribution in [0.1, 0.15) is 16.7 Å². The third kappa shape index (κ3) is 5.69. The maximum absolute atomic E-state index is 8.98. The second kappa shape index (κ2) is 11.8. The Morgan fingerprint density at radius 2 is 1.09 bits per heavy atom. The summed E-state index contributed by atoms with van der Waals surface area (Å²) in [6, 6.07) is 51.6. The van der Waals surface area contributed by atoms with Crippen molar-refractivity contribution < 1.29 is 0 Å². The molecule has 0 saturated heterocycles. The molecule has 0 aliphatic carbocycles. The number of nitrogens with zero attached hydrogens (tertiary/aromatic N) is 2. The van der Waals surface area contributed by atoms with Crippen molar-refractivity contribution in [3.63, 3.8) is 0 Å². The van der Waals surface area contributed by atoms with Gasteiger partial charge in [-0.15, -0.1) is 11.3 Å². The number of fused-ring (bicyclic) bond motifs is 3. The molecule has 43 heavy (non-hydrogen) atoms. The molecule has 0 amide bonds. The summed E-state index contributed by atoms with van der Waals surface area (Å²) in [6.45, 7) is 0. The highest BCUT2D eigenvalue weighted by Crippen LogP contribution is 2.34. The van der Waals surface area contributed by atoms with Crippen LogP contribution in [0.4, 0.5) is 0 Å². The highest BCUT2D eigenvalue weighted by atomic mass is 32.1. The maximum Gasteiger partial charge on any atom is 0.161 e. The molecule has 204 valence electrons. The number of aliphatic imine (C=N–C) groups is 2. The molecule has 0 spiro atoms. The van der Waals surface area contributed by atoms with Gasteiger partial charge in [-0.05, 0) is 52.1 Å². The number of rotatable bonds is 5. The Labute approximate surface area is 254 Å². The van der Waals surface area contributed by atoms with Gasteiger partial charge in [0.1, 0.15) is 0 Å². The average molecular weight is 570 g/mol. The molecule has 3 nitrogen and oxygen atoms in total. The minimum atomic E-state index is 0.162. The van der Waals surface area contributed by atoms with Crippen LogP contribution in [-0.2, 0) is 0 Å². The zero-order valence-corrected chi connectivity index (χ0v) is 24.1. The van der Waals surface area contributed by atoms with Crippen LogP contribution in [0.3, 0.4) is 0 Å². The van der Waals surface area contributed by atoms with E-state index in [1.807, 2.05) is 72.9 Å². The second-order valence-electron chi connectivity index (χ2n) is 10.3. The third-order valence-electron chi connectivity index (χ3n) is 7.43. The zero-order chi connectivity index (χ0) is 29.0. The molecule has 0 radical (unpaired) electrons. The number of hydrogen-bond donors (Lipinski definition) is 1. The lowest BCUT2D eigenvalue weighted by molar-refractivity contribution is 1.39. The van der Waals surface area contributed by atoms with E-state index in [0.717, 1.165) is 38.9 Å². The first-order valence-corrected chi connectivity index (χ1v) is 15.0. The largest absolute Gasteiger partial charge is 0.282 e. The van der Waals surface area contributed by atoms with Crippen molar-refractivity contribution >= 4 is 49.4 Å². The molecular formula is C39H27N3S. The fraction of sp³-hybridized carbons (Fsp3) is 0. The quantitative estimate of drug-likeness (QED) is 0.158. The molecule has 1 aromatic heterocycles. The number of hydrogen-bond acceptors (Lipinski definition) is 2. The number of thiophene rings is 1. The lowest BCUT2D eigenvalue weighted by Crippen LogP contribution is -2.05. The number of benzene rings is 6. The van der Waals surface area contributed by atoms with Crippen LogP contribution >= 0.6 is 11.3 Å². The van der Waals surface area contributed by atoms with Crippen LogP contribution in [0.15, 0.2) is 162 Å². The first kappa shape index (κ1) is 26.4. The summed E-state index contributed by atoms with van der Waals surface area (Å²) in [6.07, 6.45) is 1.85. The van der Waals surface area contributed by atoms with Crippen molar-refractivity contribution in [2.75, 3.05) is 0 Å². The monoisotopic (exact) mass is 569 g/mol. The molecule has 0 saturated carbocycles. The first-order chi connectivity index (χ1) is 21.2. The fourth-order valence-electron chi connectivity index (χ4n) is 5.24. The summed E-state index contributed by atoms with van der Waals surface area (Å²) in [5, 5.41) is 11.5. The molecular weight excluding hydrogens is 543 g/mol. The Morgan fingerprint density at radius 1 is 0.512 bits per heavy atom. The summed E-state index contributed by atoms with van der Waals surface area (Å²) < 4.78 is 2.50. The smallest absolute Gasteiger partial charge is 0.161 e. The van der Waals surface area contributed by atoms with E-state index in [2.05, 4.69) is 84.9 Å². The minimum Gasteiger partial charge on any atom is -0.282 e. The maximum atomic E-state index is 8.98. The topological polar surface area (TPSA) is 48.6 Å². The SMILES string of the molecule is N=C(N=C(N=Cc1ccc2c(c1)sc1ccccc12)c1cccc(-c2ccccc2)c1)c1cccc(-c2ccccc2)c1. The Bertz CT molecular complexity index is 2140. The molecule has 0 atom stereocenters. The van der Waals surface area contributed by atoms with Gasteiger partial charge in [-0.2, -0.15) is 0 Å². The van der Waals surface area contributed by atoms with E-state index in [-0.39, 0.29) is 5.84 Å². The average Bonchev–Trinajstić information content (AvgIpc) is 3.45. The van der Waals surface area contributed by atoms with Crippen LogP contribution < -0.4 is 0 Å². The molecule has 0 aliphatic rings. The highest BCUT2D eigenvalue weighted by Gasteiger charge is 2.10. The van der Waals surface area contributed by atoms with Gasteiger partial charge in [-0.3, -0.25) is 5.41 Å². The predicted molar refractivity (Wildman–Crippen MR) is 184 cm³/mol. The van der Waals surface area contributed by atoms with Crippen LogP contribution in [0.25, 0.3) is 42.4 Å². The van der Waals surface area contributed by atoms with Crippen molar-refractivity contribution in [1.82, 2.24) is 0 Å². The van der Waals surface area contributed by atoms with E-state index in [1.54, 1.807) is 11.3 Å². The molecule has 7 rings (SSSR count). The molecule has 0 bridgehead atoms. The van der Waals surface area contributed by atoms with E-state index >= 15 is 0 Å². The van der Waals surface area contributed by atoms with Gasteiger partial charge >= 0.3 is 0 Å². The van der Waals surface area contributed by atoms with Gasteiger partial charge in [0.05, 0.1) is 0 Å². The molecule has 1 N–H and O–H groups in total. The minimum absolute atomic E-state index is 0.162. The molecule has 1 heterocycles. The Kier molecular flexibility index (Phi) is 7.26. The predicted octanol–water partition coefficient (Wildman–Crippen LogP) is 10.3. The summed E-state index contributed by atoms with van der Waals surface area (Å²) in [5.41, 5.74) is 6.92. The van der Waals surface area contributed by atoms with Gasteiger partial charge < -0.3 is 0 Å². The molecule has 7 aromatic rings. The molecule has 0 fully saturated rings. The second-order valence-corrected chi connectivity index (χ2v) is 11.4. The third-order valence-corrected chi connectivity index (χ3v) is 8.56. The molecule has 0 aliphatic heterocycles. The molecule has 6 aromatic carbocycles. The number of amidine groups is 2. The van der Waals surface area contributed by atoms with Crippen LogP contribution in [0.5, 0.6) is 0 Å².